The summed E-state index contributed by atoms with van der Waals surface area (Å²) in [6, 6.07) is 0. The van der Waals surface area contributed by atoms with Crippen LogP contribution in [-0.2, 0) is 65.4 Å². The average molecular weight is 1410 g/mol. The number of carbonyl (C=O) groups excluding carboxylic acids is 4. The maximum atomic E-state index is 13.1. The maximum Gasteiger partial charge on any atom is 0.472 e. The molecule has 0 spiro atoms. The second-order valence-corrected chi connectivity index (χ2v) is 29.4. The lowest BCUT2D eigenvalue weighted by molar-refractivity contribution is -0.161. The Morgan fingerprint density at radius 1 is 0.320 bits per heavy atom. The SMILES string of the molecule is CCCCCC/C=C\C=C/CCCCCCCC(=O)OC[C@H](COP(=O)(O)OC[C@@H](O)COP(=O)(O)OC[C@@H](COC(=O)CCCCCCCCCCCC(C)C)OC(=O)CCCCCCC/C=C\C=C/CCCCCC)OC(=O)CCCCCCC/C=C\C=C/CCCCCC. The van der Waals surface area contributed by atoms with Crippen LogP contribution in [0.5, 0.6) is 0 Å². The van der Waals surface area contributed by atoms with E-state index in [0.717, 1.165) is 141 Å². The monoisotopic (exact) mass is 1410 g/mol. The van der Waals surface area contributed by atoms with Crippen LogP contribution < -0.4 is 0 Å². The molecule has 97 heavy (non-hydrogen) atoms. The molecule has 0 fully saturated rings. The molecule has 5 atom stereocenters. The molecule has 0 aromatic rings. The first-order valence-electron chi connectivity index (χ1n) is 38.6. The Hall–Kier alpha value is -3.50. The number of phosphoric ester groups is 2. The maximum absolute atomic E-state index is 13.1. The lowest BCUT2D eigenvalue weighted by atomic mass is 10.0. The fourth-order valence-corrected chi connectivity index (χ4v) is 12.0. The summed E-state index contributed by atoms with van der Waals surface area (Å²) in [6.45, 7) is 7.08. The van der Waals surface area contributed by atoms with Crippen molar-refractivity contribution in [3.8, 4) is 0 Å². The van der Waals surface area contributed by atoms with Crippen LogP contribution in [0.15, 0.2) is 72.9 Å². The van der Waals surface area contributed by atoms with Gasteiger partial charge in [0, 0.05) is 25.7 Å². The van der Waals surface area contributed by atoms with E-state index in [9.17, 15) is 43.2 Å². The van der Waals surface area contributed by atoms with E-state index in [0.29, 0.717) is 25.7 Å². The molecule has 17 nitrogen and oxygen atoms in total. The second-order valence-electron chi connectivity index (χ2n) is 26.5. The van der Waals surface area contributed by atoms with Crippen molar-refractivity contribution in [2.24, 2.45) is 5.92 Å². The number of esters is 4. The minimum Gasteiger partial charge on any atom is -0.462 e. The molecular weight excluding hydrogens is 1270 g/mol. The molecule has 0 aromatic heterocycles. The van der Waals surface area contributed by atoms with Gasteiger partial charge in [0.1, 0.15) is 19.3 Å². The molecule has 0 bridgehead atoms. The van der Waals surface area contributed by atoms with Gasteiger partial charge in [-0.2, -0.15) is 0 Å². The molecule has 0 saturated carbocycles. The number of allylic oxidation sites excluding steroid dienone is 12. The van der Waals surface area contributed by atoms with E-state index in [1.54, 1.807) is 0 Å². The Morgan fingerprint density at radius 2 is 0.557 bits per heavy atom. The molecule has 3 N–H and O–H groups in total. The van der Waals surface area contributed by atoms with E-state index >= 15 is 0 Å². The summed E-state index contributed by atoms with van der Waals surface area (Å²) in [4.78, 5) is 72.8. The summed E-state index contributed by atoms with van der Waals surface area (Å²) in [7, 11) is -9.95. The molecule has 19 heteroatoms. The van der Waals surface area contributed by atoms with Gasteiger partial charge in [0.15, 0.2) is 12.2 Å². The zero-order chi connectivity index (χ0) is 71.2. The molecule has 0 amide bonds. The normalized spacial score (nSPS) is 14.4. The number of carbonyl (C=O) groups is 4. The summed E-state index contributed by atoms with van der Waals surface area (Å²) < 4.78 is 68.5. The third-order valence-corrected chi connectivity index (χ3v) is 18.3. The minimum absolute atomic E-state index is 0.0757. The van der Waals surface area contributed by atoms with Crippen molar-refractivity contribution in [1.82, 2.24) is 0 Å². The third-order valence-electron chi connectivity index (χ3n) is 16.4. The van der Waals surface area contributed by atoms with Crippen LogP contribution >= 0.6 is 15.6 Å². The van der Waals surface area contributed by atoms with Gasteiger partial charge < -0.3 is 33.8 Å². The van der Waals surface area contributed by atoms with Crippen molar-refractivity contribution in [3.63, 3.8) is 0 Å². The Bertz CT molecular complexity index is 2140. The van der Waals surface area contributed by atoms with Crippen molar-refractivity contribution in [1.29, 1.82) is 0 Å². The van der Waals surface area contributed by atoms with Crippen molar-refractivity contribution in [2.75, 3.05) is 39.6 Å². The Balaban J connectivity index is 5.37. The molecule has 0 heterocycles. The van der Waals surface area contributed by atoms with Gasteiger partial charge in [-0.15, -0.1) is 0 Å². The number of hydrogen-bond acceptors (Lipinski definition) is 15. The van der Waals surface area contributed by atoms with Gasteiger partial charge in [-0.25, -0.2) is 9.13 Å². The number of hydrogen-bond donors (Lipinski definition) is 3. The lowest BCUT2D eigenvalue weighted by Gasteiger charge is -2.21. The summed E-state index contributed by atoms with van der Waals surface area (Å²) in [5.41, 5.74) is 0. The highest BCUT2D eigenvalue weighted by Crippen LogP contribution is 2.45. The molecular formula is C78H140O17P2. The van der Waals surface area contributed by atoms with Gasteiger partial charge in [-0.1, -0.05) is 281 Å². The van der Waals surface area contributed by atoms with Crippen molar-refractivity contribution >= 4 is 39.5 Å². The second kappa shape index (κ2) is 69.6. The first-order chi connectivity index (χ1) is 47.0. The smallest absolute Gasteiger partial charge is 0.462 e. The van der Waals surface area contributed by atoms with Crippen molar-refractivity contribution < 1.29 is 80.2 Å². The summed E-state index contributed by atoms with van der Waals surface area (Å²) >= 11 is 0. The number of ether oxygens (including phenoxy) is 4. The molecule has 564 valence electrons. The number of phosphoric acid groups is 2. The van der Waals surface area contributed by atoms with Crippen LogP contribution in [0.2, 0.25) is 0 Å². The van der Waals surface area contributed by atoms with E-state index in [1.165, 1.54) is 116 Å². The molecule has 2 unspecified atom stereocenters. The molecule has 0 aliphatic carbocycles. The zero-order valence-electron chi connectivity index (χ0n) is 61.7. The Morgan fingerprint density at radius 3 is 0.835 bits per heavy atom. The third kappa shape index (κ3) is 70.7. The average Bonchev–Trinajstić information content (AvgIpc) is 1.70. The van der Waals surface area contributed by atoms with Gasteiger partial charge in [-0.3, -0.25) is 37.3 Å². The topological polar surface area (TPSA) is 237 Å². The van der Waals surface area contributed by atoms with Crippen LogP contribution in [-0.4, -0.2) is 96.7 Å². The summed E-state index contributed by atoms with van der Waals surface area (Å²) in [6.07, 6.45) is 67.5. The lowest BCUT2D eigenvalue weighted by Crippen LogP contribution is -2.30. The highest BCUT2D eigenvalue weighted by Gasteiger charge is 2.30. The van der Waals surface area contributed by atoms with Gasteiger partial charge in [0.25, 0.3) is 0 Å². The quantitative estimate of drug-likeness (QED) is 0.0169. The number of aliphatic hydroxyl groups is 1. The molecule has 0 radical (unpaired) electrons. The zero-order valence-corrected chi connectivity index (χ0v) is 63.5. The minimum atomic E-state index is -4.98. The van der Waals surface area contributed by atoms with Gasteiger partial charge >= 0.3 is 39.5 Å². The van der Waals surface area contributed by atoms with Crippen LogP contribution in [0, 0.1) is 5.92 Å². The molecule has 0 aliphatic rings. The van der Waals surface area contributed by atoms with E-state index in [1.807, 2.05) is 0 Å². The fourth-order valence-electron chi connectivity index (χ4n) is 10.4. The Kier molecular flexibility index (Phi) is 67.1. The van der Waals surface area contributed by atoms with Crippen LogP contribution in [0.4, 0.5) is 0 Å². The number of unbranched alkanes of at least 4 members (excludes halogenated alkanes) is 35. The Labute approximate surface area is 590 Å². The van der Waals surface area contributed by atoms with Crippen LogP contribution in [0.25, 0.3) is 0 Å². The predicted molar refractivity (Wildman–Crippen MR) is 395 cm³/mol. The van der Waals surface area contributed by atoms with E-state index in [2.05, 4.69) is 108 Å². The number of aliphatic hydroxyl groups excluding tert-OH is 1. The summed E-state index contributed by atoms with van der Waals surface area (Å²) in [5.74, 6) is -1.47. The predicted octanol–water partition coefficient (Wildman–Crippen LogP) is 21.9. The van der Waals surface area contributed by atoms with Crippen molar-refractivity contribution in [2.45, 2.75) is 355 Å². The largest absolute Gasteiger partial charge is 0.472 e. The molecule has 0 aromatic carbocycles. The van der Waals surface area contributed by atoms with E-state index in [-0.39, 0.29) is 25.7 Å². The van der Waals surface area contributed by atoms with Crippen LogP contribution in [0.3, 0.4) is 0 Å². The molecule has 0 aliphatic heterocycles. The number of rotatable bonds is 72. The summed E-state index contributed by atoms with van der Waals surface area (Å²) in [5, 5.41) is 10.6. The van der Waals surface area contributed by atoms with Gasteiger partial charge in [0.05, 0.1) is 26.4 Å². The standard InChI is InChI=1S/C78H140O17P2/c1-6-9-12-15-18-21-24-27-30-33-36-41-46-51-56-61-75(80)88-67-73(94-77(82)63-58-53-48-42-37-34-31-28-25-22-19-16-13-10-7-2)69-92-96(84,85)90-65-72(79)66-91-97(86,87)93-70-74(68-89-76(81)62-57-52-47-44-39-40-45-50-55-60-71(4)5)95-78(83)64-59-54-49-43-38-35-32-29-26-23-20-17-14-11-8-3/h21-32,71-74,79H,6-20,33-70H2,1-5H3,(H,84,85)(H,86,87)/b24-21-,25-22-,26-23-,30-27-,31-28-,32-29-/t72-,73-,74-/m1/s1. The van der Waals surface area contributed by atoms with E-state index < -0.39 is 97.5 Å². The van der Waals surface area contributed by atoms with Crippen molar-refractivity contribution in [3.05, 3.63) is 72.9 Å². The fraction of sp³-hybridized carbons (Fsp3) is 0.795. The van der Waals surface area contributed by atoms with Crippen LogP contribution in [0.1, 0.15) is 336 Å². The first-order valence-corrected chi connectivity index (χ1v) is 41.6. The molecule has 0 saturated heterocycles. The highest BCUT2D eigenvalue weighted by atomic mass is 31.2. The van der Waals surface area contributed by atoms with E-state index in [4.69, 9.17) is 37.0 Å². The first kappa shape index (κ1) is 93.5. The highest BCUT2D eigenvalue weighted by molar-refractivity contribution is 7.47. The van der Waals surface area contributed by atoms with Gasteiger partial charge in [-0.05, 0) is 109 Å². The van der Waals surface area contributed by atoms with Gasteiger partial charge in [0.2, 0.25) is 0 Å². The molecule has 0 rings (SSSR count).